The van der Waals surface area contributed by atoms with Crippen molar-refractivity contribution in [2.45, 2.75) is 31.7 Å². The maximum absolute atomic E-state index is 12.3. The molecule has 1 aromatic rings. The lowest BCUT2D eigenvalue weighted by molar-refractivity contribution is 0.121. The number of amides is 2. The van der Waals surface area contributed by atoms with Crippen LogP contribution in [0.3, 0.4) is 0 Å². The largest absolute Gasteiger partial charge is 0.348 e. The van der Waals surface area contributed by atoms with Gasteiger partial charge < -0.3 is 15.1 Å². The molecule has 108 valence electrons. The highest BCUT2D eigenvalue weighted by Gasteiger charge is 2.33. The third kappa shape index (κ3) is 3.00. The highest BCUT2D eigenvalue weighted by Crippen LogP contribution is 2.17. The van der Waals surface area contributed by atoms with Gasteiger partial charge in [-0.05, 0) is 18.9 Å². The smallest absolute Gasteiger partial charge is 0.320 e. The fourth-order valence-electron chi connectivity index (χ4n) is 2.74. The molecule has 1 N–H and O–H groups in total. The summed E-state index contributed by atoms with van der Waals surface area (Å²) in [6.45, 7) is 3.31. The predicted octanol–water partition coefficient (Wildman–Crippen LogP) is 1.57. The van der Waals surface area contributed by atoms with Crippen LogP contribution in [0.1, 0.15) is 25.7 Å². The van der Waals surface area contributed by atoms with E-state index >= 15 is 0 Å². The zero-order valence-electron chi connectivity index (χ0n) is 11.7. The van der Waals surface area contributed by atoms with E-state index in [1.54, 1.807) is 18.5 Å². The lowest BCUT2D eigenvalue weighted by Crippen LogP contribution is -2.60. The van der Waals surface area contributed by atoms with Crippen LogP contribution in [-0.4, -0.2) is 58.0 Å². The number of urea groups is 1. The van der Waals surface area contributed by atoms with Crippen molar-refractivity contribution < 1.29 is 4.79 Å². The molecule has 2 amide bonds. The number of hydrogen-bond donors (Lipinski definition) is 1. The van der Waals surface area contributed by atoms with Gasteiger partial charge in [-0.25, -0.2) is 14.8 Å². The van der Waals surface area contributed by atoms with Crippen molar-refractivity contribution in [1.29, 1.82) is 0 Å². The van der Waals surface area contributed by atoms with Crippen LogP contribution in [-0.2, 0) is 0 Å². The number of nitrogens with one attached hydrogen (secondary N) is 1. The van der Waals surface area contributed by atoms with E-state index in [-0.39, 0.29) is 12.1 Å². The molecule has 2 saturated heterocycles. The van der Waals surface area contributed by atoms with Crippen molar-refractivity contribution in [3.8, 4) is 0 Å². The first-order valence-electron chi connectivity index (χ1n) is 7.40. The Hall–Kier alpha value is -1.85. The van der Waals surface area contributed by atoms with E-state index in [1.807, 2.05) is 9.80 Å². The number of hydrogen-bond acceptors (Lipinski definition) is 4. The zero-order valence-corrected chi connectivity index (χ0v) is 11.7. The molecule has 0 bridgehead atoms. The van der Waals surface area contributed by atoms with Gasteiger partial charge in [-0.3, -0.25) is 0 Å². The second-order valence-electron chi connectivity index (χ2n) is 5.50. The molecule has 0 aromatic carbocycles. The normalized spacial score (nSPS) is 20.2. The van der Waals surface area contributed by atoms with Crippen LogP contribution in [0.25, 0.3) is 0 Å². The van der Waals surface area contributed by atoms with Gasteiger partial charge >= 0.3 is 6.03 Å². The average molecular weight is 275 g/mol. The second kappa shape index (κ2) is 6.07. The van der Waals surface area contributed by atoms with E-state index in [0.29, 0.717) is 5.95 Å². The Morgan fingerprint density at radius 3 is 2.35 bits per heavy atom. The van der Waals surface area contributed by atoms with Gasteiger partial charge in [0.2, 0.25) is 5.95 Å². The highest BCUT2D eigenvalue weighted by molar-refractivity contribution is 5.75. The maximum atomic E-state index is 12.3. The second-order valence-corrected chi connectivity index (χ2v) is 5.50. The Bertz CT molecular complexity index is 438. The van der Waals surface area contributed by atoms with Crippen LogP contribution < -0.4 is 5.32 Å². The maximum Gasteiger partial charge on any atom is 0.320 e. The summed E-state index contributed by atoms with van der Waals surface area (Å²) in [6.07, 6.45) is 8.21. The summed E-state index contributed by atoms with van der Waals surface area (Å²) in [6, 6.07) is 2.26. The van der Waals surface area contributed by atoms with Gasteiger partial charge in [0.1, 0.15) is 0 Å². The molecular weight excluding hydrogens is 254 g/mol. The fraction of sp³-hybridized carbons (Fsp3) is 0.643. The van der Waals surface area contributed by atoms with E-state index < -0.39 is 0 Å². The van der Waals surface area contributed by atoms with Gasteiger partial charge in [-0.2, -0.15) is 0 Å². The quantitative estimate of drug-likeness (QED) is 0.890. The molecule has 0 spiro atoms. The van der Waals surface area contributed by atoms with E-state index in [2.05, 4.69) is 15.3 Å². The molecule has 0 aliphatic carbocycles. The SMILES string of the molecule is O=C(N1CCCCCC1)N1CC(Nc2ncccn2)C1. The first kappa shape index (κ1) is 13.1. The molecule has 1 aromatic heterocycles. The Labute approximate surface area is 119 Å². The summed E-state index contributed by atoms with van der Waals surface area (Å²) in [5, 5.41) is 3.24. The fourth-order valence-corrected chi connectivity index (χ4v) is 2.74. The van der Waals surface area contributed by atoms with Crippen molar-refractivity contribution in [3.05, 3.63) is 18.5 Å². The van der Waals surface area contributed by atoms with Crippen LogP contribution in [0, 0.1) is 0 Å². The van der Waals surface area contributed by atoms with Crippen molar-refractivity contribution in [2.75, 3.05) is 31.5 Å². The number of nitrogens with zero attached hydrogens (tertiary/aromatic N) is 4. The Balaban J connectivity index is 1.46. The number of anilines is 1. The monoisotopic (exact) mass is 275 g/mol. The number of rotatable bonds is 2. The first-order chi connectivity index (χ1) is 9.83. The topological polar surface area (TPSA) is 61.4 Å². The zero-order chi connectivity index (χ0) is 13.8. The summed E-state index contributed by atoms with van der Waals surface area (Å²) in [5.74, 6) is 0.638. The van der Waals surface area contributed by atoms with E-state index in [0.717, 1.165) is 39.0 Å². The van der Waals surface area contributed by atoms with Gasteiger partial charge in [0.15, 0.2) is 0 Å². The third-order valence-electron chi connectivity index (χ3n) is 3.93. The molecule has 6 nitrogen and oxygen atoms in total. The molecule has 0 saturated carbocycles. The number of likely N-dealkylation sites (tertiary alicyclic amines) is 2. The van der Waals surface area contributed by atoms with E-state index in [4.69, 9.17) is 0 Å². The molecule has 2 fully saturated rings. The Morgan fingerprint density at radius 1 is 1.05 bits per heavy atom. The van der Waals surface area contributed by atoms with Gasteiger partial charge in [-0.1, -0.05) is 12.8 Å². The van der Waals surface area contributed by atoms with Gasteiger partial charge in [0, 0.05) is 38.6 Å². The van der Waals surface area contributed by atoms with Crippen LogP contribution in [0.5, 0.6) is 0 Å². The lowest BCUT2D eigenvalue weighted by Gasteiger charge is -2.41. The molecule has 2 aliphatic heterocycles. The minimum absolute atomic E-state index is 0.193. The number of carbonyl (C=O) groups excluding carboxylic acids is 1. The van der Waals surface area contributed by atoms with Crippen molar-refractivity contribution >= 4 is 12.0 Å². The molecule has 3 rings (SSSR count). The van der Waals surface area contributed by atoms with Crippen molar-refractivity contribution in [3.63, 3.8) is 0 Å². The minimum Gasteiger partial charge on any atom is -0.348 e. The Morgan fingerprint density at radius 2 is 1.70 bits per heavy atom. The van der Waals surface area contributed by atoms with Gasteiger partial charge in [-0.15, -0.1) is 0 Å². The molecule has 3 heterocycles. The highest BCUT2D eigenvalue weighted by atomic mass is 16.2. The van der Waals surface area contributed by atoms with Gasteiger partial charge in [0.05, 0.1) is 6.04 Å². The summed E-state index contributed by atoms with van der Waals surface area (Å²) < 4.78 is 0. The third-order valence-corrected chi connectivity index (χ3v) is 3.93. The standard InChI is InChI=1S/C14H21N5O/c20-14(18-8-3-1-2-4-9-18)19-10-12(11-19)17-13-15-6-5-7-16-13/h5-7,12H,1-4,8-11H2,(H,15,16,17). The molecule has 0 atom stereocenters. The van der Waals surface area contributed by atoms with E-state index in [9.17, 15) is 4.79 Å². The summed E-state index contributed by atoms with van der Waals surface area (Å²) in [5.41, 5.74) is 0. The van der Waals surface area contributed by atoms with Crippen LogP contribution in [0.15, 0.2) is 18.5 Å². The Kier molecular flexibility index (Phi) is 3.99. The molecular formula is C14H21N5O. The average Bonchev–Trinajstić information content (AvgIpc) is 2.72. The van der Waals surface area contributed by atoms with Crippen LogP contribution >= 0.6 is 0 Å². The van der Waals surface area contributed by atoms with Crippen molar-refractivity contribution in [1.82, 2.24) is 19.8 Å². The number of aromatic nitrogens is 2. The van der Waals surface area contributed by atoms with Crippen molar-refractivity contribution in [2.24, 2.45) is 0 Å². The molecule has 0 radical (unpaired) electrons. The first-order valence-corrected chi connectivity index (χ1v) is 7.40. The van der Waals surface area contributed by atoms with Crippen LogP contribution in [0.4, 0.5) is 10.7 Å². The van der Waals surface area contributed by atoms with E-state index in [1.165, 1.54) is 12.8 Å². The lowest BCUT2D eigenvalue weighted by atomic mass is 10.1. The predicted molar refractivity (Wildman–Crippen MR) is 76.5 cm³/mol. The molecule has 0 unspecified atom stereocenters. The van der Waals surface area contributed by atoms with Gasteiger partial charge in [0.25, 0.3) is 0 Å². The number of carbonyl (C=O) groups is 1. The van der Waals surface area contributed by atoms with Crippen LogP contribution in [0.2, 0.25) is 0 Å². The molecule has 20 heavy (non-hydrogen) atoms. The minimum atomic E-state index is 0.193. The summed E-state index contributed by atoms with van der Waals surface area (Å²) >= 11 is 0. The molecule has 2 aliphatic rings. The summed E-state index contributed by atoms with van der Waals surface area (Å²) in [7, 11) is 0. The molecule has 6 heteroatoms. The summed E-state index contributed by atoms with van der Waals surface area (Å²) in [4.78, 5) is 24.5.